The van der Waals surface area contributed by atoms with Crippen molar-refractivity contribution >= 4 is 11.5 Å². The molecule has 0 amide bonds. The molecule has 1 aliphatic rings. The van der Waals surface area contributed by atoms with E-state index in [-0.39, 0.29) is 11.7 Å². The lowest BCUT2D eigenvalue weighted by molar-refractivity contribution is 0.0565. The Hall–Kier alpha value is -3.19. The molecule has 1 aromatic carbocycles. The number of nitrogens with zero attached hydrogens (tertiary/aromatic N) is 2. The van der Waals surface area contributed by atoms with Crippen LogP contribution in [-0.4, -0.2) is 47.3 Å². The van der Waals surface area contributed by atoms with Gasteiger partial charge in [-0.25, -0.2) is 0 Å². The van der Waals surface area contributed by atoms with Gasteiger partial charge in [-0.1, -0.05) is 30.3 Å². The Morgan fingerprint density at radius 2 is 2.00 bits per heavy atom. The average Bonchev–Trinajstić information content (AvgIpc) is 3.28. The minimum atomic E-state index is -0.409. The maximum Gasteiger partial charge on any atom is 0.189 e. The van der Waals surface area contributed by atoms with Crippen LogP contribution in [0, 0.1) is 5.92 Å². The maximum atomic E-state index is 13.6. The van der Waals surface area contributed by atoms with Gasteiger partial charge in [0.25, 0.3) is 0 Å². The van der Waals surface area contributed by atoms with Gasteiger partial charge in [0.2, 0.25) is 0 Å². The van der Waals surface area contributed by atoms with E-state index in [0.717, 1.165) is 29.8 Å². The van der Waals surface area contributed by atoms with Crippen molar-refractivity contribution in [1.29, 1.82) is 0 Å². The molecule has 2 aromatic heterocycles. The van der Waals surface area contributed by atoms with Crippen LogP contribution in [0.1, 0.15) is 23.2 Å². The van der Waals surface area contributed by atoms with Crippen molar-refractivity contribution < 1.29 is 14.3 Å². The van der Waals surface area contributed by atoms with Crippen molar-refractivity contribution in [3.05, 3.63) is 60.6 Å². The molecule has 7 heteroatoms. The fraction of sp³-hybridized carbons (Fsp3) is 0.318. The number of pyridine rings is 1. The van der Waals surface area contributed by atoms with Crippen LogP contribution in [0.15, 0.2) is 55.0 Å². The number of hydrogen-bond donors (Lipinski definition) is 2. The molecule has 29 heavy (non-hydrogen) atoms. The number of methoxy groups -OCH3 is 1. The highest BCUT2D eigenvalue weighted by atomic mass is 16.5. The molecule has 150 valence electrons. The number of hydrogen-bond acceptors (Lipinski definition) is 6. The molecule has 0 radical (unpaired) electrons. The topological polar surface area (TPSA) is 89.1 Å². The van der Waals surface area contributed by atoms with Crippen LogP contribution in [0.3, 0.4) is 0 Å². The molecule has 1 atom stereocenters. The van der Waals surface area contributed by atoms with E-state index in [0.29, 0.717) is 24.5 Å². The molecule has 2 N–H and O–H groups in total. The second kappa shape index (κ2) is 8.87. The number of ketones is 1. The predicted octanol–water partition coefficient (Wildman–Crippen LogP) is 3.57. The lowest BCUT2D eigenvalue weighted by Gasteiger charge is -2.30. The summed E-state index contributed by atoms with van der Waals surface area (Å²) in [6.07, 6.45) is 6.59. The molecule has 1 saturated heterocycles. The number of carbonyl (C=O) groups is 1. The Bertz CT molecular complexity index is 951. The van der Waals surface area contributed by atoms with Crippen LogP contribution in [0.4, 0.5) is 5.69 Å². The number of benzene rings is 1. The SMILES string of the molecule is COc1cncc(NC(C(=O)c2cn[nH]c2-c2ccccc2)C2CCOCC2)c1. The first kappa shape index (κ1) is 19.1. The average molecular weight is 392 g/mol. The van der Waals surface area contributed by atoms with Crippen LogP contribution in [0.5, 0.6) is 5.75 Å². The monoisotopic (exact) mass is 392 g/mol. The summed E-state index contributed by atoms with van der Waals surface area (Å²) in [6.45, 7) is 1.31. The Morgan fingerprint density at radius 3 is 2.76 bits per heavy atom. The molecule has 7 nitrogen and oxygen atoms in total. The molecule has 0 aliphatic carbocycles. The number of H-pyrrole nitrogens is 1. The maximum absolute atomic E-state index is 13.6. The first-order chi connectivity index (χ1) is 14.3. The van der Waals surface area contributed by atoms with E-state index in [9.17, 15) is 4.79 Å². The van der Waals surface area contributed by atoms with E-state index in [1.807, 2.05) is 36.4 Å². The number of carbonyl (C=O) groups excluding carboxylic acids is 1. The summed E-state index contributed by atoms with van der Waals surface area (Å²) in [5.74, 6) is 0.801. The van der Waals surface area contributed by atoms with Crippen molar-refractivity contribution in [2.24, 2.45) is 5.92 Å². The molecular formula is C22H24N4O3. The number of aromatic nitrogens is 3. The van der Waals surface area contributed by atoms with E-state index < -0.39 is 6.04 Å². The van der Waals surface area contributed by atoms with Gasteiger partial charge in [-0.05, 0) is 18.8 Å². The van der Waals surface area contributed by atoms with Crippen molar-refractivity contribution in [2.75, 3.05) is 25.6 Å². The summed E-state index contributed by atoms with van der Waals surface area (Å²) in [7, 11) is 1.60. The van der Waals surface area contributed by atoms with Crippen LogP contribution in [0.25, 0.3) is 11.3 Å². The molecule has 0 bridgehead atoms. The van der Waals surface area contributed by atoms with E-state index >= 15 is 0 Å². The standard InChI is InChI=1S/C22H24N4O3/c1-28-18-11-17(12-23-13-18)25-21(16-7-9-29-10-8-16)22(27)19-14-24-26-20(19)15-5-3-2-4-6-15/h2-6,11-14,16,21,25H,7-10H2,1H3,(H,24,26). The quantitative estimate of drug-likeness (QED) is 0.598. The van der Waals surface area contributed by atoms with Gasteiger partial charge in [0.05, 0.1) is 48.7 Å². The normalized spacial score (nSPS) is 15.6. The molecule has 1 unspecified atom stereocenters. The molecule has 0 spiro atoms. The summed E-state index contributed by atoms with van der Waals surface area (Å²) >= 11 is 0. The molecule has 0 saturated carbocycles. The summed E-state index contributed by atoms with van der Waals surface area (Å²) in [5.41, 5.74) is 3.00. The highest BCUT2D eigenvalue weighted by molar-refractivity contribution is 6.06. The third kappa shape index (κ3) is 4.30. The second-order valence-electron chi connectivity index (χ2n) is 7.07. The molecule has 1 fully saturated rings. The Kier molecular flexibility index (Phi) is 5.86. The van der Waals surface area contributed by atoms with E-state index in [2.05, 4.69) is 20.5 Å². The number of anilines is 1. The third-order valence-corrected chi connectivity index (χ3v) is 5.26. The van der Waals surface area contributed by atoms with Crippen LogP contribution in [0.2, 0.25) is 0 Å². The van der Waals surface area contributed by atoms with Crippen LogP contribution < -0.4 is 10.1 Å². The van der Waals surface area contributed by atoms with Crippen LogP contribution >= 0.6 is 0 Å². The van der Waals surface area contributed by atoms with Gasteiger partial charge in [0.15, 0.2) is 5.78 Å². The molecular weight excluding hydrogens is 368 g/mol. The zero-order valence-electron chi connectivity index (χ0n) is 16.3. The second-order valence-corrected chi connectivity index (χ2v) is 7.07. The van der Waals surface area contributed by atoms with Gasteiger partial charge >= 0.3 is 0 Å². The first-order valence-electron chi connectivity index (χ1n) is 9.72. The van der Waals surface area contributed by atoms with Crippen molar-refractivity contribution in [2.45, 2.75) is 18.9 Å². The largest absolute Gasteiger partial charge is 0.495 e. The molecule has 3 aromatic rings. The smallest absolute Gasteiger partial charge is 0.189 e. The van der Waals surface area contributed by atoms with Crippen molar-refractivity contribution in [3.8, 4) is 17.0 Å². The summed E-state index contributed by atoms with van der Waals surface area (Å²) < 4.78 is 10.8. The Morgan fingerprint density at radius 1 is 1.21 bits per heavy atom. The van der Waals surface area contributed by atoms with Gasteiger partial charge < -0.3 is 14.8 Å². The van der Waals surface area contributed by atoms with E-state index in [1.54, 1.807) is 25.7 Å². The first-order valence-corrected chi connectivity index (χ1v) is 9.72. The zero-order valence-corrected chi connectivity index (χ0v) is 16.3. The van der Waals surface area contributed by atoms with Gasteiger partial charge in [-0.2, -0.15) is 5.10 Å². The number of aromatic amines is 1. The Labute approximate surface area is 169 Å². The van der Waals surface area contributed by atoms with Gasteiger partial charge in [0, 0.05) is 24.8 Å². The van der Waals surface area contributed by atoms with Gasteiger partial charge in [-0.15, -0.1) is 0 Å². The fourth-order valence-electron chi connectivity index (χ4n) is 3.70. The number of nitrogens with one attached hydrogen (secondary N) is 2. The molecule has 3 heterocycles. The number of rotatable bonds is 7. The third-order valence-electron chi connectivity index (χ3n) is 5.26. The lowest BCUT2D eigenvalue weighted by Crippen LogP contribution is -2.40. The van der Waals surface area contributed by atoms with Crippen molar-refractivity contribution in [3.63, 3.8) is 0 Å². The lowest BCUT2D eigenvalue weighted by atomic mass is 9.86. The number of Topliss-reactive ketones (excluding diaryl/α,β-unsaturated/α-hetero) is 1. The number of ether oxygens (including phenoxy) is 2. The Balaban J connectivity index is 1.66. The zero-order chi connectivity index (χ0) is 20.1. The summed E-state index contributed by atoms with van der Waals surface area (Å²) in [4.78, 5) is 17.8. The molecule has 4 rings (SSSR count). The van der Waals surface area contributed by atoms with E-state index in [1.165, 1.54) is 0 Å². The van der Waals surface area contributed by atoms with Gasteiger partial charge in [0.1, 0.15) is 5.75 Å². The molecule has 1 aliphatic heterocycles. The van der Waals surface area contributed by atoms with Crippen LogP contribution in [-0.2, 0) is 4.74 Å². The van der Waals surface area contributed by atoms with Crippen molar-refractivity contribution in [1.82, 2.24) is 15.2 Å². The predicted molar refractivity (Wildman–Crippen MR) is 110 cm³/mol. The summed E-state index contributed by atoms with van der Waals surface area (Å²) in [6, 6.07) is 11.2. The minimum Gasteiger partial charge on any atom is -0.495 e. The van der Waals surface area contributed by atoms with Gasteiger partial charge in [-0.3, -0.25) is 14.9 Å². The minimum absolute atomic E-state index is 0.00678. The van der Waals surface area contributed by atoms with E-state index in [4.69, 9.17) is 9.47 Å². The highest BCUT2D eigenvalue weighted by Crippen LogP contribution is 2.29. The highest BCUT2D eigenvalue weighted by Gasteiger charge is 2.32. The summed E-state index contributed by atoms with van der Waals surface area (Å²) in [5, 5.41) is 10.5. The fourth-order valence-corrected chi connectivity index (χ4v) is 3.70.